The van der Waals surface area contributed by atoms with Crippen LogP contribution in [0.4, 0.5) is 5.69 Å². The van der Waals surface area contributed by atoms with Crippen LogP contribution in [0.3, 0.4) is 0 Å². The minimum absolute atomic E-state index is 0.168. The van der Waals surface area contributed by atoms with Crippen LogP contribution in [0.1, 0.15) is 25.6 Å². The third-order valence-corrected chi connectivity index (χ3v) is 4.33. The fourth-order valence-corrected chi connectivity index (χ4v) is 2.82. The summed E-state index contributed by atoms with van der Waals surface area (Å²) in [7, 11) is 1.11. The standard InChI is InChI=1S/C17H16N2O7S/c1-25-16(21)11-7-12(9-13(8-11)19(23)24)17(22)26-10-15(20)18-5-4-14-3-2-6-27-14/h2-3,6-9H,4-5,10H2,1H3,(H,18,20). The zero-order chi connectivity index (χ0) is 19.8. The zero-order valence-electron chi connectivity index (χ0n) is 14.3. The number of rotatable bonds is 8. The van der Waals surface area contributed by atoms with E-state index < -0.39 is 35.1 Å². The summed E-state index contributed by atoms with van der Waals surface area (Å²) in [6, 6.07) is 6.91. The van der Waals surface area contributed by atoms with Crippen LogP contribution in [0, 0.1) is 10.1 Å². The minimum Gasteiger partial charge on any atom is -0.465 e. The molecule has 2 rings (SSSR count). The van der Waals surface area contributed by atoms with Gasteiger partial charge in [0.1, 0.15) is 0 Å². The van der Waals surface area contributed by atoms with E-state index in [1.54, 1.807) is 11.3 Å². The number of non-ortho nitro benzene ring substituents is 1. The third-order valence-electron chi connectivity index (χ3n) is 3.39. The molecule has 0 spiro atoms. The molecule has 0 aliphatic carbocycles. The van der Waals surface area contributed by atoms with Gasteiger partial charge in [-0.3, -0.25) is 14.9 Å². The van der Waals surface area contributed by atoms with E-state index in [1.165, 1.54) is 0 Å². The number of methoxy groups -OCH3 is 1. The molecular weight excluding hydrogens is 376 g/mol. The topological polar surface area (TPSA) is 125 Å². The first-order valence-electron chi connectivity index (χ1n) is 7.74. The highest BCUT2D eigenvalue weighted by atomic mass is 32.1. The Balaban J connectivity index is 1.94. The van der Waals surface area contributed by atoms with E-state index in [4.69, 9.17) is 4.74 Å². The summed E-state index contributed by atoms with van der Waals surface area (Å²) in [4.78, 5) is 46.7. The molecule has 9 nitrogen and oxygen atoms in total. The number of hydrogen-bond acceptors (Lipinski definition) is 8. The Morgan fingerprint density at radius 3 is 2.48 bits per heavy atom. The lowest BCUT2D eigenvalue weighted by molar-refractivity contribution is -0.384. The highest BCUT2D eigenvalue weighted by Crippen LogP contribution is 2.19. The molecule has 1 aromatic carbocycles. The van der Waals surface area contributed by atoms with Crippen molar-refractivity contribution < 1.29 is 28.8 Å². The monoisotopic (exact) mass is 392 g/mol. The lowest BCUT2D eigenvalue weighted by Crippen LogP contribution is -2.30. The zero-order valence-corrected chi connectivity index (χ0v) is 15.1. The molecular formula is C17H16N2O7S. The molecule has 0 saturated carbocycles. The van der Waals surface area contributed by atoms with Gasteiger partial charge in [0.2, 0.25) is 0 Å². The first-order chi connectivity index (χ1) is 12.9. The van der Waals surface area contributed by atoms with E-state index in [9.17, 15) is 24.5 Å². The maximum absolute atomic E-state index is 12.1. The fourth-order valence-electron chi connectivity index (χ4n) is 2.12. The van der Waals surface area contributed by atoms with Crippen molar-refractivity contribution in [2.24, 2.45) is 0 Å². The number of esters is 2. The fraction of sp³-hybridized carbons (Fsp3) is 0.235. The summed E-state index contributed by atoms with van der Waals surface area (Å²) in [6.45, 7) is -0.153. The van der Waals surface area contributed by atoms with Crippen molar-refractivity contribution in [2.75, 3.05) is 20.3 Å². The summed E-state index contributed by atoms with van der Waals surface area (Å²) in [5.74, 6) is -2.30. The number of thiophene rings is 1. The van der Waals surface area contributed by atoms with E-state index in [-0.39, 0.29) is 11.1 Å². The first-order valence-corrected chi connectivity index (χ1v) is 8.62. The predicted molar refractivity (Wildman–Crippen MR) is 95.8 cm³/mol. The van der Waals surface area contributed by atoms with E-state index in [0.29, 0.717) is 13.0 Å². The second-order valence-electron chi connectivity index (χ2n) is 5.27. The quantitative estimate of drug-likeness (QED) is 0.413. The maximum atomic E-state index is 12.1. The normalized spacial score (nSPS) is 10.1. The Hall–Kier alpha value is -3.27. The average Bonchev–Trinajstić information content (AvgIpc) is 3.18. The van der Waals surface area contributed by atoms with Gasteiger partial charge in [-0.2, -0.15) is 0 Å². The van der Waals surface area contributed by atoms with Gasteiger partial charge >= 0.3 is 11.9 Å². The molecule has 1 amide bonds. The number of nitro groups is 1. The average molecular weight is 392 g/mol. The van der Waals surface area contributed by atoms with E-state index in [1.807, 2.05) is 17.5 Å². The largest absolute Gasteiger partial charge is 0.465 e. The second kappa shape index (κ2) is 9.43. The van der Waals surface area contributed by atoms with E-state index in [2.05, 4.69) is 10.1 Å². The Morgan fingerprint density at radius 1 is 1.19 bits per heavy atom. The van der Waals surface area contributed by atoms with Crippen molar-refractivity contribution >= 4 is 34.9 Å². The minimum atomic E-state index is -0.961. The Kier molecular flexibility index (Phi) is 7.00. The first kappa shape index (κ1) is 20.0. The van der Waals surface area contributed by atoms with Gasteiger partial charge in [0.05, 0.1) is 23.2 Å². The van der Waals surface area contributed by atoms with E-state index >= 15 is 0 Å². The van der Waals surface area contributed by atoms with E-state index in [0.717, 1.165) is 30.2 Å². The van der Waals surface area contributed by atoms with Crippen LogP contribution in [0.2, 0.25) is 0 Å². The highest BCUT2D eigenvalue weighted by molar-refractivity contribution is 7.09. The molecule has 0 saturated heterocycles. The predicted octanol–water partition coefficient (Wildman–Crippen LogP) is 1.96. The maximum Gasteiger partial charge on any atom is 0.338 e. The number of amides is 1. The number of nitrogens with zero attached hydrogens (tertiary/aromatic N) is 1. The molecule has 0 aliphatic heterocycles. The molecule has 1 aromatic heterocycles. The molecule has 1 N–H and O–H groups in total. The number of hydrogen-bond donors (Lipinski definition) is 1. The number of benzene rings is 1. The SMILES string of the molecule is COC(=O)c1cc(C(=O)OCC(=O)NCCc2cccs2)cc([N+](=O)[O-])c1. The highest BCUT2D eigenvalue weighted by Gasteiger charge is 2.19. The molecule has 2 aromatic rings. The number of carbonyl (C=O) groups excluding carboxylic acids is 3. The number of ether oxygens (including phenoxy) is 2. The van der Waals surface area contributed by atoms with Gasteiger partial charge in [-0.1, -0.05) is 6.07 Å². The van der Waals surface area contributed by atoms with Gasteiger partial charge < -0.3 is 14.8 Å². The van der Waals surface area contributed by atoms with Crippen molar-refractivity contribution in [3.8, 4) is 0 Å². The summed E-state index contributed by atoms with van der Waals surface area (Å²) in [5, 5.41) is 15.5. The molecule has 0 unspecified atom stereocenters. The van der Waals surface area contributed by atoms with Crippen LogP contribution >= 0.6 is 11.3 Å². The van der Waals surface area contributed by atoms with Crippen LogP contribution in [0.15, 0.2) is 35.7 Å². The molecule has 10 heteroatoms. The Labute approximate surface area is 158 Å². The van der Waals surface area contributed by atoms with Gasteiger partial charge in [0, 0.05) is 23.6 Å². The summed E-state index contributed by atoms with van der Waals surface area (Å²) in [5.41, 5.74) is -0.861. The number of carbonyl (C=O) groups is 3. The lowest BCUT2D eigenvalue weighted by atomic mass is 10.1. The van der Waals surface area contributed by atoms with Crippen LogP contribution in [0.5, 0.6) is 0 Å². The summed E-state index contributed by atoms with van der Waals surface area (Å²) in [6.07, 6.45) is 0.657. The molecule has 27 heavy (non-hydrogen) atoms. The number of nitro benzene ring substituents is 1. The van der Waals surface area contributed by atoms with Crippen molar-refractivity contribution in [1.82, 2.24) is 5.32 Å². The Morgan fingerprint density at radius 2 is 1.89 bits per heavy atom. The van der Waals surface area contributed by atoms with Gasteiger partial charge in [-0.05, 0) is 23.9 Å². The molecule has 0 atom stereocenters. The molecule has 0 aliphatic rings. The molecule has 1 heterocycles. The lowest BCUT2D eigenvalue weighted by Gasteiger charge is -2.07. The number of nitrogens with one attached hydrogen (secondary N) is 1. The van der Waals surface area contributed by atoms with Crippen molar-refractivity contribution in [1.29, 1.82) is 0 Å². The van der Waals surface area contributed by atoms with Crippen LogP contribution in [-0.2, 0) is 20.7 Å². The van der Waals surface area contributed by atoms with Crippen LogP contribution in [0.25, 0.3) is 0 Å². The molecule has 142 valence electrons. The van der Waals surface area contributed by atoms with Crippen molar-refractivity contribution in [3.63, 3.8) is 0 Å². The van der Waals surface area contributed by atoms with Crippen molar-refractivity contribution in [3.05, 3.63) is 61.8 Å². The third kappa shape index (κ3) is 5.89. The second-order valence-corrected chi connectivity index (χ2v) is 6.30. The van der Waals surface area contributed by atoms with Gasteiger partial charge in [-0.25, -0.2) is 9.59 Å². The van der Waals surface area contributed by atoms with Gasteiger partial charge in [-0.15, -0.1) is 11.3 Å². The molecule has 0 bridgehead atoms. The Bertz CT molecular complexity index is 849. The smallest absolute Gasteiger partial charge is 0.338 e. The van der Waals surface area contributed by atoms with Crippen LogP contribution in [-0.4, -0.2) is 43.0 Å². The summed E-state index contributed by atoms with van der Waals surface area (Å²) < 4.78 is 9.36. The van der Waals surface area contributed by atoms with Crippen LogP contribution < -0.4 is 5.32 Å². The van der Waals surface area contributed by atoms with Gasteiger partial charge in [0.25, 0.3) is 11.6 Å². The molecule has 0 fully saturated rings. The summed E-state index contributed by atoms with van der Waals surface area (Å²) >= 11 is 1.57. The van der Waals surface area contributed by atoms with Gasteiger partial charge in [0.15, 0.2) is 6.61 Å². The molecule has 0 radical (unpaired) electrons. The van der Waals surface area contributed by atoms with Crippen molar-refractivity contribution in [2.45, 2.75) is 6.42 Å².